The molecule has 0 atom stereocenters. The molecule has 2 aromatic heterocycles. The van der Waals surface area contributed by atoms with Crippen LogP contribution in [0.5, 0.6) is 0 Å². The molecule has 1 aliphatic rings. The molecule has 0 spiro atoms. The van der Waals surface area contributed by atoms with Gasteiger partial charge in [0.1, 0.15) is 10.6 Å². The summed E-state index contributed by atoms with van der Waals surface area (Å²) < 4.78 is 0. The van der Waals surface area contributed by atoms with Gasteiger partial charge in [0.2, 0.25) is 11.7 Å². The molecular formula is C19H19ClN4OS. The highest BCUT2D eigenvalue weighted by Gasteiger charge is 2.22. The largest absolute Gasteiger partial charge is 0.352 e. The number of carbonyl (C=O) groups is 1. The molecule has 0 aliphatic carbocycles. The predicted octanol–water partition coefficient (Wildman–Crippen LogP) is 3.85. The quantitative estimate of drug-likeness (QED) is 0.504. The SMILES string of the molecule is CCc1ccc(-c2csc3nc(Cl)nc(N4CCN(C=O)CC4)c23)cc1. The van der Waals surface area contributed by atoms with E-state index in [2.05, 4.69) is 51.4 Å². The van der Waals surface area contributed by atoms with Gasteiger partial charge in [0.25, 0.3) is 0 Å². The Hall–Kier alpha value is -2.18. The van der Waals surface area contributed by atoms with Crippen molar-refractivity contribution in [1.82, 2.24) is 14.9 Å². The van der Waals surface area contributed by atoms with Gasteiger partial charge in [-0.2, -0.15) is 4.98 Å². The maximum Gasteiger partial charge on any atom is 0.225 e. The van der Waals surface area contributed by atoms with Gasteiger partial charge in [-0.15, -0.1) is 11.3 Å². The summed E-state index contributed by atoms with van der Waals surface area (Å²) in [6.45, 7) is 5.02. The zero-order valence-electron chi connectivity index (χ0n) is 14.5. The lowest BCUT2D eigenvalue weighted by atomic mass is 10.0. The molecular weight excluding hydrogens is 368 g/mol. The molecule has 0 N–H and O–H groups in total. The van der Waals surface area contributed by atoms with Crippen molar-refractivity contribution >= 4 is 45.4 Å². The summed E-state index contributed by atoms with van der Waals surface area (Å²) in [5.74, 6) is 0.862. The first-order chi connectivity index (χ1) is 12.7. The van der Waals surface area contributed by atoms with E-state index in [1.807, 2.05) is 0 Å². The number of fused-ring (bicyclic) bond motifs is 1. The predicted molar refractivity (Wildman–Crippen MR) is 107 cm³/mol. The molecule has 7 heteroatoms. The average Bonchev–Trinajstić information content (AvgIpc) is 3.11. The summed E-state index contributed by atoms with van der Waals surface area (Å²) in [4.78, 5) is 24.8. The molecule has 1 aliphatic heterocycles. The van der Waals surface area contributed by atoms with Gasteiger partial charge < -0.3 is 9.80 Å². The summed E-state index contributed by atoms with van der Waals surface area (Å²) >= 11 is 7.77. The van der Waals surface area contributed by atoms with Gasteiger partial charge in [-0.05, 0) is 29.1 Å². The van der Waals surface area contributed by atoms with Crippen molar-refractivity contribution in [3.63, 3.8) is 0 Å². The van der Waals surface area contributed by atoms with Crippen LogP contribution in [0.25, 0.3) is 21.3 Å². The lowest BCUT2D eigenvalue weighted by Gasteiger charge is -2.33. The fourth-order valence-corrected chi connectivity index (χ4v) is 4.45. The summed E-state index contributed by atoms with van der Waals surface area (Å²) in [7, 11) is 0. The zero-order chi connectivity index (χ0) is 18.1. The molecule has 0 bridgehead atoms. The lowest BCUT2D eigenvalue weighted by molar-refractivity contribution is -0.118. The first kappa shape index (κ1) is 17.2. The van der Waals surface area contributed by atoms with Gasteiger partial charge in [-0.3, -0.25) is 4.79 Å². The number of rotatable bonds is 4. The second-order valence-corrected chi connectivity index (χ2v) is 7.52. The number of piperazine rings is 1. The monoisotopic (exact) mass is 386 g/mol. The van der Waals surface area contributed by atoms with Gasteiger partial charge in [0.05, 0.1) is 5.39 Å². The van der Waals surface area contributed by atoms with Crippen LogP contribution >= 0.6 is 22.9 Å². The fourth-order valence-electron chi connectivity index (χ4n) is 3.30. The maximum absolute atomic E-state index is 11.0. The Labute approximate surface area is 161 Å². The van der Waals surface area contributed by atoms with E-state index in [4.69, 9.17) is 11.6 Å². The zero-order valence-corrected chi connectivity index (χ0v) is 16.1. The number of aromatic nitrogens is 2. The van der Waals surface area contributed by atoms with Gasteiger partial charge in [-0.25, -0.2) is 4.98 Å². The van der Waals surface area contributed by atoms with Gasteiger partial charge in [0, 0.05) is 37.1 Å². The highest BCUT2D eigenvalue weighted by atomic mass is 35.5. The molecule has 1 amide bonds. The first-order valence-electron chi connectivity index (χ1n) is 8.68. The topological polar surface area (TPSA) is 49.3 Å². The number of carbonyl (C=O) groups excluding carboxylic acids is 1. The van der Waals surface area contributed by atoms with Crippen LogP contribution in [0.1, 0.15) is 12.5 Å². The Balaban J connectivity index is 1.79. The van der Waals surface area contributed by atoms with Gasteiger partial charge in [-0.1, -0.05) is 31.2 Å². The summed E-state index contributed by atoms with van der Waals surface area (Å²) in [6.07, 6.45) is 1.93. The second-order valence-electron chi connectivity index (χ2n) is 6.32. The Bertz CT molecular complexity index is 933. The van der Waals surface area contributed by atoms with Gasteiger partial charge >= 0.3 is 0 Å². The maximum atomic E-state index is 11.0. The molecule has 3 aromatic rings. The highest BCUT2D eigenvalue weighted by Crippen LogP contribution is 2.39. The first-order valence-corrected chi connectivity index (χ1v) is 9.93. The Morgan fingerprint density at radius 2 is 1.88 bits per heavy atom. The van der Waals surface area contributed by atoms with Crippen molar-refractivity contribution < 1.29 is 4.79 Å². The summed E-state index contributed by atoms with van der Waals surface area (Å²) in [6, 6.07) is 8.64. The molecule has 5 nitrogen and oxygen atoms in total. The van der Waals surface area contributed by atoms with E-state index in [9.17, 15) is 4.79 Å². The van der Waals surface area contributed by atoms with E-state index in [1.165, 1.54) is 5.56 Å². The van der Waals surface area contributed by atoms with Crippen molar-refractivity contribution in [3.05, 3.63) is 40.5 Å². The molecule has 0 radical (unpaired) electrons. The Kier molecular flexibility index (Phi) is 4.78. The second kappa shape index (κ2) is 7.21. The van der Waals surface area contributed by atoms with E-state index in [0.29, 0.717) is 13.1 Å². The molecule has 0 saturated carbocycles. The number of benzene rings is 1. The molecule has 134 valence electrons. The summed E-state index contributed by atoms with van der Waals surface area (Å²) in [5.41, 5.74) is 3.61. The van der Waals surface area contributed by atoms with E-state index < -0.39 is 0 Å². The van der Waals surface area contributed by atoms with Crippen molar-refractivity contribution in [1.29, 1.82) is 0 Å². The van der Waals surface area contributed by atoms with Crippen LogP contribution in [0, 0.1) is 0 Å². The fraction of sp³-hybridized carbons (Fsp3) is 0.316. The summed E-state index contributed by atoms with van der Waals surface area (Å²) in [5, 5.41) is 3.44. The lowest BCUT2D eigenvalue weighted by Crippen LogP contribution is -2.46. The van der Waals surface area contributed by atoms with E-state index >= 15 is 0 Å². The van der Waals surface area contributed by atoms with Crippen LogP contribution < -0.4 is 4.90 Å². The van der Waals surface area contributed by atoms with Crippen LogP contribution in [0.15, 0.2) is 29.6 Å². The molecule has 4 rings (SSSR count). The third-order valence-electron chi connectivity index (χ3n) is 4.82. The molecule has 26 heavy (non-hydrogen) atoms. The minimum absolute atomic E-state index is 0.264. The van der Waals surface area contributed by atoms with Crippen LogP contribution in [0.3, 0.4) is 0 Å². The van der Waals surface area contributed by atoms with Crippen molar-refractivity contribution in [2.45, 2.75) is 13.3 Å². The van der Waals surface area contributed by atoms with Crippen LogP contribution in [0.2, 0.25) is 5.28 Å². The standard InChI is InChI=1S/C19H19ClN4OS/c1-2-13-3-5-14(6-4-13)15-11-26-18-16(15)17(21-19(20)22-18)24-9-7-23(12-25)8-10-24/h3-6,11-12H,2,7-10H2,1H3. The Morgan fingerprint density at radius 3 is 2.54 bits per heavy atom. The van der Waals surface area contributed by atoms with Crippen LogP contribution in [0.4, 0.5) is 5.82 Å². The number of thiophene rings is 1. The third-order valence-corrected chi connectivity index (χ3v) is 5.86. The van der Waals surface area contributed by atoms with Crippen molar-refractivity contribution in [3.8, 4) is 11.1 Å². The number of halogens is 1. The Morgan fingerprint density at radius 1 is 1.15 bits per heavy atom. The molecule has 1 aromatic carbocycles. The van der Waals surface area contributed by atoms with E-state index in [-0.39, 0.29) is 5.28 Å². The minimum Gasteiger partial charge on any atom is -0.352 e. The number of amides is 1. The van der Waals surface area contributed by atoms with Crippen molar-refractivity contribution in [2.24, 2.45) is 0 Å². The molecule has 1 saturated heterocycles. The minimum atomic E-state index is 0.264. The molecule has 3 heterocycles. The smallest absolute Gasteiger partial charge is 0.225 e. The van der Waals surface area contributed by atoms with Gasteiger partial charge in [0.15, 0.2) is 0 Å². The number of aryl methyl sites for hydroxylation is 1. The number of anilines is 1. The van der Waals surface area contributed by atoms with Crippen LogP contribution in [-0.2, 0) is 11.2 Å². The van der Waals surface area contributed by atoms with Crippen LogP contribution in [-0.4, -0.2) is 47.5 Å². The average molecular weight is 387 g/mol. The highest BCUT2D eigenvalue weighted by molar-refractivity contribution is 7.17. The third kappa shape index (κ3) is 3.15. The number of hydrogen-bond acceptors (Lipinski definition) is 5. The molecule has 0 unspecified atom stereocenters. The van der Waals surface area contributed by atoms with E-state index in [1.54, 1.807) is 16.2 Å². The number of hydrogen-bond donors (Lipinski definition) is 0. The normalized spacial score (nSPS) is 14.8. The molecule has 1 fully saturated rings. The van der Waals surface area contributed by atoms with Crippen molar-refractivity contribution in [2.75, 3.05) is 31.1 Å². The number of nitrogens with zero attached hydrogens (tertiary/aromatic N) is 4. The van der Waals surface area contributed by atoms with E-state index in [0.717, 1.165) is 53.1 Å².